The number of rotatable bonds is 18. The number of likely N-dealkylation sites (N-methyl/N-ethyl adjacent to an activating group) is 1. The lowest BCUT2D eigenvalue weighted by Gasteiger charge is -2.29. The summed E-state index contributed by atoms with van der Waals surface area (Å²) in [5, 5.41) is 47.1. The van der Waals surface area contributed by atoms with Gasteiger partial charge >= 0.3 is 6.03 Å². The molecule has 0 spiro atoms. The van der Waals surface area contributed by atoms with Crippen molar-refractivity contribution in [2.24, 2.45) is 5.92 Å². The van der Waals surface area contributed by atoms with Gasteiger partial charge in [-0.05, 0) is 78.6 Å². The van der Waals surface area contributed by atoms with Gasteiger partial charge in [-0.25, -0.2) is 4.79 Å². The number of halogens is 2. The number of amides is 2. The number of carbonyl (C=O) groups excluding carboxylic acids is 1. The zero-order valence-electron chi connectivity index (χ0n) is 28.5. The number of ether oxygens (including phenoxy) is 2. The predicted molar refractivity (Wildman–Crippen MR) is 192 cm³/mol. The molecular weight excluding hydrogens is 683 g/mol. The van der Waals surface area contributed by atoms with Gasteiger partial charge in [-0.3, -0.25) is 4.98 Å². The van der Waals surface area contributed by atoms with Crippen molar-refractivity contribution in [3.63, 3.8) is 0 Å². The van der Waals surface area contributed by atoms with E-state index in [9.17, 15) is 20.1 Å². The van der Waals surface area contributed by atoms with E-state index in [4.69, 9.17) is 37.8 Å². The number of pyridine rings is 1. The largest absolute Gasteiger partial charge is 0.485 e. The molecule has 1 aromatic heterocycles. The van der Waals surface area contributed by atoms with Crippen molar-refractivity contribution in [1.82, 2.24) is 20.5 Å². The van der Waals surface area contributed by atoms with E-state index >= 15 is 0 Å². The molecule has 2 fully saturated rings. The van der Waals surface area contributed by atoms with Crippen LogP contribution in [0, 0.1) is 5.92 Å². The van der Waals surface area contributed by atoms with E-state index in [0.717, 1.165) is 52.8 Å². The number of carbonyl (C=O) groups is 1. The summed E-state index contributed by atoms with van der Waals surface area (Å²) in [7, 11) is 1.51. The molecule has 50 heavy (non-hydrogen) atoms. The van der Waals surface area contributed by atoms with Gasteiger partial charge in [-0.15, -0.1) is 0 Å². The molecule has 6 N–H and O–H groups in total. The van der Waals surface area contributed by atoms with Gasteiger partial charge in [0.15, 0.2) is 0 Å². The maximum atomic E-state index is 12.5. The topological polar surface area (TPSA) is 157 Å². The minimum Gasteiger partial charge on any atom is -0.485 e. The van der Waals surface area contributed by atoms with E-state index in [1.807, 2.05) is 48.8 Å². The van der Waals surface area contributed by atoms with E-state index in [2.05, 4.69) is 21.7 Å². The van der Waals surface area contributed by atoms with Crippen LogP contribution in [0.5, 0.6) is 5.75 Å². The molecule has 272 valence electrons. The normalized spacial score (nSPS) is 17.7. The number of aliphatic hydroxyl groups is 4. The second-order valence-electron chi connectivity index (χ2n) is 13.4. The molecule has 11 nitrogen and oxygen atoms in total. The number of aromatic nitrogens is 1. The lowest BCUT2D eigenvalue weighted by atomic mass is 9.94. The Morgan fingerprint density at radius 2 is 1.78 bits per heavy atom. The van der Waals surface area contributed by atoms with Crippen LogP contribution in [0.4, 0.5) is 4.79 Å². The van der Waals surface area contributed by atoms with E-state index in [-0.39, 0.29) is 18.2 Å². The summed E-state index contributed by atoms with van der Waals surface area (Å²) in [5.41, 5.74) is 4.85. The van der Waals surface area contributed by atoms with Crippen LogP contribution in [0.1, 0.15) is 49.3 Å². The third kappa shape index (κ3) is 9.45. The summed E-state index contributed by atoms with van der Waals surface area (Å²) < 4.78 is 11.6. The average Bonchev–Trinajstić information content (AvgIpc) is 3.90. The highest BCUT2D eigenvalue weighted by Crippen LogP contribution is 2.50. The molecular formula is C37H48Cl2N4O7. The Bertz CT molecular complexity index is 1590. The number of aliphatic hydroxyl groups excluding tert-OH is 4. The molecule has 5 rings (SSSR count). The highest BCUT2D eigenvalue weighted by molar-refractivity contribution is 6.34. The number of hydrogen-bond acceptors (Lipinski definition) is 9. The van der Waals surface area contributed by atoms with Gasteiger partial charge in [0, 0.05) is 59.6 Å². The van der Waals surface area contributed by atoms with Gasteiger partial charge in [-0.1, -0.05) is 48.3 Å². The molecule has 2 aromatic carbocycles. The first kappa shape index (κ1) is 38.2. The highest BCUT2D eigenvalue weighted by atomic mass is 35.5. The van der Waals surface area contributed by atoms with Gasteiger partial charge in [0.2, 0.25) is 0 Å². The number of benzene rings is 2. The second kappa shape index (κ2) is 17.5. The van der Waals surface area contributed by atoms with Gasteiger partial charge in [0.1, 0.15) is 11.9 Å². The van der Waals surface area contributed by atoms with E-state index in [1.165, 1.54) is 18.9 Å². The van der Waals surface area contributed by atoms with Crippen molar-refractivity contribution >= 4 is 29.2 Å². The van der Waals surface area contributed by atoms with Crippen LogP contribution in [-0.4, -0.2) is 101 Å². The molecule has 2 amide bonds. The zero-order valence-corrected chi connectivity index (χ0v) is 30.0. The predicted octanol–water partition coefficient (Wildman–Crippen LogP) is 4.29. The smallest absolute Gasteiger partial charge is 0.317 e. The first-order chi connectivity index (χ1) is 24.0. The van der Waals surface area contributed by atoms with Gasteiger partial charge in [0.25, 0.3) is 0 Å². The fraction of sp³-hybridized carbons (Fsp3) is 0.514. The molecule has 1 saturated carbocycles. The molecule has 1 aliphatic carbocycles. The molecule has 1 saturated heterocycles. The Morgan fingerprint density at radius 1 is 1.06 bits per heavy atom. The van der Waals surface area contributed by atoms with Crippen molar-refractivity contribution in [2.45, 2.75) is 75.5 Å². The van der Waals surface area contributed by atoms with Crippen LogP contribution >= 0.6 is 23.2 Å². The lowest BCUT2D eigenvalue weighted by Crippen LogP contribution is -2.48. The number of urea groups is 1. The SMILES string of the molecule is C[C@@H]([C@H](O)[C@@H](O)CN(C)C(=O)NCCCCc1cc(Cl)c(CNC2(c3cnccc3-c3ccccc3OC3COC3)CC2)cc1Cl)[C@H](O)CO. The number of unbranched alkanes of at least 4 members (excludes halogenated alkanes) is 1. The summed E-state index contributed by atoms with van der Waals surface area (Å²) in [5.74, 6) is 0.0807. The summed E-state index contributed by atoms with van der Waals surface area (Å²) in [4.78, 5) is 18.2. The Morgan fingerprint density at radius 3 is 2.48 bits per heavy atom. The van der Waals surface area contributed by atoms with Crippen molar-refractivity contribution in [3.8, 4) is 16.9 Å². The van der Waals surface area contributed by atoms with Crippen molar-refractivity contribution < 1.29 is 34.7 Å². The van der Waals surface area contributed by atoms with E-state index in [0.29, 0.717) is 49.2 Å². The number of nitrogens with zero attached hydrogens (tertiary/aromatic N) is 2. The summed E-state index contributed by atoms with van der Waals surface area (Å²) in [6, 6.07) is 13.6. The fourth-order valence-corrected chi connectivity index (χ4v) is 6.67. The van der Waals surface area contributed by atoms with Crippen LogP contribution in [0.15, 0.2) is 54.9 Å². The standard InChI is InChI=1S/C37H48Cl2N4O7/c1-23(33(46)20-44)35(47)32(45)19-43(2)36(48)41-13-6-5-7-24-15-31(39)25(16-30(24)38)17-42-37(11-12-37)29-18-40-14-10-27(29)28-8-3-4-9-34(28)50-26-21-49-22-26/h3-4,8-10,14-16,18,23,26,32-33,35,42,44-47H,5-7,11-13,17,19-22H2,1-2H3,(H,41,48)/t23-,32+,33-,35+/m1/s1. The molecule has 1 aliphatic heterocycles. The first-order valence-electron chi connectivity index (χ1n) is 17.2. The van der Waals surface area contributed by atoms with E-state index in [1.54, 1.807) is 0 Å². The van der Waals surface area contributed by atoms with Crippen molar-refractivity contribution in [1.29, 1.82) is 0 Å². The quantitative estimate of drug-likeness (QED) is 0.105. The fourth-order valence-electron chi connectivity index (χ4n) is 6.14. The molecule has 0 bridgehead atoms. The number of nitrogens with one attached hydrogen (secondary N) is 2. The van der Waals surface area contributed by atoms with Gasteiger partial charge < -0.3 is 45.4 Å². The zero-order chi connectivity index (χ0) is 35.8. The van der Waals surface area contributed by atoms with Crippen LogP contribution in [0.3, 0.4) is 0 Å². The van der Waals surface area contributed by atoms with Gasteiger partial charge in [0.05, 0.1) is 44.7 Å². The Labute approximate surface area is 303 Å². The number of para-hydroxylation sites is 1. The van der Waals surface area contributed by atoms with Crippen LogP contribution in [0.25, 0.3) is 11.1 Å². The lowest BCUT2D eigenvalue weighted by molar-refractivity contribution is -0.0794. The Hall–Kier alpha value is -3.00. The third-order valence-electron chi connectivity index (χ3n) is 9.68. The van der Waals surface area contributed by atoms with Crippen molar-refractivity contribution in [3.05, 3.63) is 81.6 Å². The first-order valence-corrected chi connectivity index (χ1v) is 17.9. The van der Waals surface area contributed by atoms with Crippen LogP contribution < -0.4 is 15.4 Å². The molecule has 4 atom stereocenters. The Kier molecular flexibility index (Phi) is 13.4. The maximum absolute atomic E-state index is 12.5. The van der Waals surface area contributed by atoms with Crippen LogP contribution in [-0.2, 0) is 23.2 Å². The monoisotopic (exact) mass is 730 g/mol. The molecule has 0 radical (unpaired) electrons. The second-order valence-corrected chi connectivity index (χ2v) is 14.2. The van der Waals surface area contributed by atoms with Crippen LogP contribution in [0.2, 0.25) is 10.0 Å². The van der Waals surface area contributed by atoms with Crippen molar-refractivity contribution in [2.75, 3.05) is 40.0 Å². The van der Waals surface area contributed by atoms with E-state index < -0.39 is 36.9 Å². The molecule has 2 heterocycles. The maximum Gasteiger partial charge on any atom is 0.317 e. The summed E-state index contributed by atoms with van der Waals surface area (Å²) >= 11 is 13.5. The summed E-state index contributed by atoms with van der Waals surface area (Å²) in [6.07, 6.45) is 4.17. The molecule has 13 heteroatoms. The number of aryl methyl sites for hydroxylation is 1. The minimum atomic E-state index is -1.30. The minimum absolute atomic E-state index is 0.0652. The molecule has 3 aromatic rings. The third-order valence-corrected chi connectivity index (χ3v) is 10.4. The molecule has 2 aliphatic rings. The molecule has 0 unspecified atom stereocenters. The highest BCUT2D eigenvalue weighted by Gasteiger charge is 2.46. The summed E-state index contributed by atoms with van der Waals surface area (Å²) in [6.45, 7) is 3.01. The average molecular weight is 732 g/mol. The number of hydrogen-bond donors (Lipinski definition) is 6. The van der Waals surface area contributed by atoms with Gasteiger partial charge in [-0.2, -0.15) is 0 Å². The Balaban J connectivity index is 1.11.